The first-order valence-electron chi connectivity index (χ1n) is 10.9. The van der Waals surface area contributed by atoms with Crippen molar-refractivity contribution in [2.75, 3.05) is 12.3 Å². The molecule has 0 saturated heterocycles. The number of fused-ring (bicyclic) bond motifs is 1. The van der Waals surface area contributed by atoms with Crippen LogP contribution in [0.3, 0.4) is 0 Å². The predicted octanol–water partition coefficient (Wildman–Crippen LogP) is 5.14. The zero-order chi connectivity index (χ0) is 24.4. The Morgan fingerprint density at radius 2 is 1.61 bits per heavy atom. The normalized spacial score (nSPS) is 11.9. The molecule has 0 aliphatic heterocycles. The van der Waals surface area contributed by atoms with Crippen LogP contribution in [0.5, 0.6) is 0 Å². The average Bonchev–Trinajstić information content (AvgIpc) is 3.11. The molecule has 0 spiro atoms. The summed E-state index contributed by atoms with van der Waals surface area (Å²) in [5, 5.41) is 7.62. The zero-order valence-electron chi connectivity index (χ0n) is 20.1. The lowest BCUT2D eigenvalue weighted by Gasteiger charge is -2.19. The number of anilines is 1. The minimum atomic E-state index is -0.620. The van der Waals surface area contributed by atoms with Crippen LogP contribution in [0.25, 0.3) is 22.0 Å². The molecule has 0 radical (unpaired) electrons. The molecule has 0 fully saturated rings. The summed E-state index contributed by atoms with van der Waals surface area (Å²) >= 11 is 0. The van der Waals surface area contributed by atoms with E-state index in [1.54, 1.807) is 27.0 Å². The molecule has 2 aromatic carbocycles. The van der Waals surface area contributed by atoms with Gasteiger partial charge in [0.1, 0.15) is 11.2 Å². The fourth-order valence-electron chi connectivity index (χ4n) is 3.30. The van der Waals surface area contributed by atoms with E-state index in [0.29, 0.717) is 29.6 Å². The Morgan fingerprint density at radius 3 is 2.21 bits per heavy atom. The van der Waals surface area contributed by atoms with E-state index in [1.165, 1.54) is 4.68 Å². The zero-order valence-corrected chi connectivity index (χ0v) is 20.1. The number of aromatic nitrogens is 2. The number of benzene rings is 2. The number of hydrogen-bond acceptors (Lipinski definition) is 6. The van der Waals surface area contributed by atoms with E-state index in [9.17, 15) is 9.59 Å². The fourth-order valence-corrected chi connectivity index (χ4v) is 3.30. The van der Waals surface area contributed by atoms with E-state index in [4.69, 9.17) is 15.2 Å². The van der Waals surface area contributed by atoms with E-state index in [1.807, 2.05) is 57.2 Å². The maximum Gasteiger partial charge on any atom is 0.435 e. The van der Waals surface area contributed by atoms with Crippen LogP contribution >= 0.6 is 0 Å². The molecule has 0 bridgehead atoms. The summed E-state index contributed by atoms with van der Waals surface area (Å²) in [6.07, 6.45) is 1.28. The molecule has 0 aliphatic carbocycles. The van der Waals surface area contributed by atoms with E-state index in [-0.39, 0.29) is 0 Å². The first kappa shape index (κ1) is 24.1. The first-order chi connectivity index (χ1) is 15.3. The summed E-state index contributed by atoms with van der Waals surface area (Å²) < 4.78 is 11.9. The third kappa shape index (κ3) is 6.25. The average molecular weight is 453 g/mol. The number of amides is 1. The van der Waals surface area contributed by atoms with Gasteiger partial charge in [-0.25, -0.2) is 9.59 Å². The van der Waals surface area contributed by atoms with Gasteiger partial charge in [-0.2, -0.15) is 9.78 Å². The summed E-state index contributed by atoms with van der Waals surface area (Å²) in [6, 6.07) is 11.7. The molecule has 1 aromatic heterocycles. The Morgan fingerprint density at radius 1 is 0.970 bits per heavy atom. The maximum absolute atomic E-state index is 12.4. The topological polar surface area (TPSA) is 108 Å². The highest BCUT2D eigenvalue weighted by molar-refractivity contribution is 6.01. The maximum atomic E-state index is 12.4. The van der Waals surface area contributed by atoms with E-state index in [0.717, 1.165) is 16.7 Å². The van der Waals surface area contributed by atoms with Gasteiger partial charge in [0, 0.05) is 17.5 Å². The molecule has 0 saturated carbocycles. The van der Waals surface area contributed by atoms with Crippen LogP contribution in [0.15, 0.2) is 42.6 Å². The molecule has 3 rings (SSSR count). The second-order valence-corrected chi connectivity index (χ2v) is 9.87. The van der Waals surface area contributed by atoms with Crippen LogP contribution in [0, 0.1) is 0 Å². The number of nitrogens with one attached hydrogen (secondary N) is 1. The van der Waals surface area contributed by atoms with Crippen molar-refractivity contribution in [3.8, 4) is 11.1 Å². The van der Waals surface area contributed by atoms with Crippen molar-refractivity contribution in [3.63, 3.8) is 0 Å². The number of ether oxygens (including phenoxy) is 2. The molecular formula is C25H32N4O4. The molecule has 0 aliphatic rings. The Balaban J connectivity index is 1.71. The fraction of sp³-hybridized carbons (Fsp3) is 0.400. The molecule has 1 heterocycles. The third-order valence-corrected chi connectivity index (χ3v) is 4.71. The van der Waals surface area contributed by atoms with Gasteiger partial charge < -0.3 is 20.5 Å². The van der Waals surface area contributed by atoms with Crippen molar-refractivity contribution in [1.82, 2.24) is 15.1 Å². The molecule has 1 amide bonds. The summed E-state index contributed by atoms with van der Waals surface area (Å²) in [7, 11) is 0. The van der Waals surface area contributed by atoms with Crippen LogP contribution in [-0.4, -0.2) is 39.7 Å². The lowest BCUT2D eigenvalue weighted by Crippen LogP contribution is -2.33. The van der Waals surface area contributed by atoms with Crippen LogP contribution in [0.2, 0.25) is 0 Å². The minimum Gasteiger partial charge on any atom is -0.444 e. The molecule has 3 aromatic rings. The predicted molar refractivity (Wildman–Crippen MR) is 129 cm³/mol. The molecule has 8 nitrogen and oxygen atoms in total. The van der Waals surface area contributed by atoms with Gasteiger partial charge in [0.25, 0.3) is 0 Å². The summed E-state index contributed by atoms with van der Waals surface area (Å²) in [5.41, 5.74) is 9.30. The van der Waals surface area contributed by atoms with Gasteiger partial charge in [-0.05, 0) is 65.2 Å². The molecule has 8 heteroatoms. The van der Waals surface area contributed by atoms with Crippen LogP contribution < -0.4 is 11.1 Å². The summed E-state index contributed by atoms with van der Waals surface area (Å²) in [5.74, 6) is 0. The monoisotopic (exact) mass is 452 g/mol. The first-order valence-corrected chi connectivity index (χ1v) is 10.9. The number of nitrogens with two attached hydrogens (primary N) is 1. The Labute approximate surface area is 194 Å². The van der Waals surface area contributed by atoms with Gasteiger partial charge in [0.2, 0.25) is 0 Å². The van der Waals surface area contributed by atoms with Crippen molar-refractivity contribution < 1.29 is 19.1 Å². The molecule has 176 valence electrons. The quantitative estimate of drug-likeness (QED) is 0.531. The standard InChI is InChI=1S/C25H32N4O4/c1-24(2,3)32-22(30)27-14-13-16-7-9-17(10-8-16)18-11-12-20-19(21(18)26)15-28-29(20)23(31)33-25(4,5)6/h7-12,15H,13-14,26H2,1-6H3,(H,27,30). The van der Waals surface area contributed by atoms with Gasteiger partial charge in [-0.15, -0.1) is 0 Å². The van der Waals surface area contributed by atoms with Gasteiger partial charge >= 0.3 is 12.2 Å². The van der Waals surface area contributed by atoms with Crippen LogP contribution in [0.4, 0.5) is 15.3 Å². The van der Waals surface area contributed by atoms with Gasteiger partial charge in [0.05, 0.1) is 17.4 Å². The van der Waals surface area contributed by atoms with E-state index < -0.39 is 23.4 Å². The smallest absolute Gasteiger partial charge is 0.435 e. The van der Waals surface area contributed by atoms with E-state index in [2.05, 4.69) is 10.4 Å². The highest BCUT2D eigenvalue weighted by atomic mass is 16.6. The number of rotatable bonds is 4. The Bertz CT molecular complexity index is 1150. The van der Waals surface area contributed by atoms with Crippen molar-refractivity contribution in [2.45, 2.75) is 59.2 Å². The molecular weight excluding hydrogens is 420 g/mol. The number of carbonyl (C=O) groups excluding carboxylic acids is 2. The number of alkyl carbamates (subject to hydrolysis) is 1. The molecule has 0 unspecified atom stereocenters. The largest absolute Gasteiger partial charge is 0.444 e. The van der Waals surface area contributed by atoms with Crippen LogP contribution in [0.1, 0.15) is 47.1 Å². The van der Waals surface area contributed by atoms with Gasteiger partial charge in [-0.3, -0.25) is 0 Å². The van der Waals surface area contributed by atoms with Gasteiger partial charge in [-0.1, -0.05) is 30.3 Å². The number of nitrogen functional groups attached to an aromatic ring is 1. The molecule has 3 N–H and O–H groups in total. The van der Waals surface area contributed by atoms with Crippen LogP contribution in [-0.2, 0) is 15.9 Å². The third-order valence-electron chi connectivity index (χ3n) is 4.71. The van der Waals surface area contributed by atoms with Crippen molar-refractivity contribution in [1.29, 1.82) is 0 Å². The summed E-state index contributed by atoms with van der Waals surface area (Å²) in [4.78, 5) is 24.2. The molecule has 33 heavy (non-hydrogen) atoms. The number of carbonyl (C=O) groups is 2. The Hall–Kier alpha value is -3.55. The van der Waals surface area contributed by atoms with Gasteiger partial charge in [0.15, 0.2) is 0 Å². The van der Waals surface area contributed by atoms with Crippen molar-refractivity contribution in [3.05, 3.63) is 48.2 Å². The van der Waals surface area contributed by atoms with E-state index >= 15 is 0 Å². The highest BCUT2D eigenvalue weighted by Gasteiger charge is 2.21. The highest BCUT2D eigenvalue weighted by Crippen LogP contribution is 2.33. The number of hydrogen-bond donors (Lipinski definition) is 2. The minimum absolute atomic E-state index is 0.424. The lowest BCUT2D eigenvalue weighted by molar-refractivity contribution is 0.0514. The van der Waals surface area contributed by atoms with Crippen molar-refractivity contribution in [2.24, 2.45) is 0 Å². The summed E-state index contributed by atoms with van der Waals surface area (Å²) in [6.45, 7) is 11.4. The van der Waals surface area contributed by atoms with Crippen molar-refractivity contribution >= 4 is 28.8 Å². The molecule has 0 atom stereocenters. The SMILES string of the molecule is CC(C)(C)OC(=O)NCCc1ccc(-c2ccc3c(cnn3C(=O)OC(C)(C)C)c2N)cc1. The Kier molecular flexibility index (Phi) is 6.67. The lowest BCUT2D eigenvalue weighted by atomic mass is 9.99. The number of nitrogens with zero attached hydrogens (tertiary/aromatic N) is 2. The second kappa shape index (κ2) is 9.13. The second-order valence-electron chi connectivity index (χ2n) is 9.87.